The standard InChI is InChI=1S/C18H23N3O4/c1-5-25-18(24)13(4)19-17(23)14-8-9-16(22)21(20-14)15-10-11(2)6-7-12(15)3/h6-7,10,13H,5,8-9H2,1-4H3,(H,19,23). The van der Waals surface area contributed by atoms with E-state index in [0.717, 1.165) is 11.1 Å². The van der Waals surface area contributed by atoms with E-state index >= 15 is 0 Å². The van der Waals surface area contributed by atoms with Gasteiger partial charge in [-0.25, -0.2) is 9.80 Å². The SMILES string of the molecule is CCOC(=O)C(C)NC(=O)C1=NN(c2cc(C)ccc2C)C(=O)CC1. The molecule has 1 aromatic rings. The highest BCUT2D eigenvalue weighted by Gasteiger charge is 2.28. The molecule has 0 radical (unpaired) electrons. The number of carbonyl (C=O) groups is 3. The van der Waals surface area contributed by atoms with Gasteiger partial charge < -0.3 is 10.1 Å². The summed E-state index contributed by atoms with van der Waals surface area (Å²) in [7, 11) is 0. The molecule has 7 nitrogen and oxygen atoms in total. The number of benzene rings is 1. The second-order valence-electron chi connectivity index (χ2n) is 5.99. The summed E-state index contributed by atoms with van der Waals surface area (Å²) in [6.45, 7) is 7.30. The highest BCUT2D eigenvalue weighted by atomic mass is 16.5. The van der Waals surface area contributed by atoms with E-state index in [2.05, 4.69) is 10.4 Å². The highest BCUT2D eigenvalue weighted by molar-refractivity contribution is 6.40. The van der Waals surface area contributed by atoms with Crippen LogP contribution in [0.3, 0.4) is 0 Å². The lowest BCUT2D eigenvalue weighted by atomic mass is 10.1. The van der Waals surface area contributed by atoms with Gasteiger partial charge in [0.15, 0.2) is 0 Å². The largest absolute Gasteiger partial charge is 0.464 e. The molecule has 2 rings (SSSR count). The maximum atomic E-state index is 12.4. The lowest BCUT2D eigenvalue weighted by Gasteiger charge is -2.25. The Morgan fingerprint density at radius 2 is 2.04 bits per heavy atom. The Labute approximate surface area is 147 Å². The van der Waals surface area contributed by atoms with Gasteiger partial charge in [-0.1, -0.05) is 12.1 Å². The van der Waals surface area contributed by atoms with Crippen molar-refractivity contribution in [1.29, 1.82) is 0 Å². The summed E-state index contributed by atoms with van der Waals surface area (Å²) in [5.41, 5.74) is 2.77. The molecule has 7 heteroatoms. The molecule has 1 aliphatic heterocycles. The molecule has 0 bridgehead atoms. The second-order valence-corrected chi connectivity index (χ2v) is 5.99. The first-order valence-corrected chi connectivity index (χ1v) is 8.28. The normalized spacial score (nSPS) is 15.4. The average molecular weight is 345 g/mol. The van der Waals surface area contributed by atoms with Crippen molar-refractivity contribution in [2.24, 2.45) is 5.10 Å². The molecule has 0 saturated carbocycles. The molecular formula is C18H23N3O4. The Morgan fingerprint density at radius 1 is 1.32 bits per heavy atom. The van der Waals surface area contributed by atoms with Gasteiger partial charge in [-0.2, -0.15) is 5.10 Å². The highest BCUT2D eigenvalue weighted by Crippen LogP contribution is 2.25. The predicted octanol–water partition coefficient (Wildman–Crippen LogP) is 1.85. The van der Waals surface area contributed by atoms with Crippen molar-refractivity contribution >= 4 is 29.2 Å². The first-order chi connectivity index (χ1) is 11.8. The van der Waals surface area contributed by atoms with Gasteiger partial charge in [-0.3, -0.25) is 9.59 Å². The van der Waals surface area contributed by atoms with Crippen LogP contribution in [0.25, 0.3) is 0 Å². The topological polar surface area (TPSA) is 88.1 Å². The molecule has 0 saturated heterocycles. The zero-order valence-corrected chi connectivity index (χ0v) is 15.0. The van der Waals surface area contributed by atoms with Crippen molar-refractivity contribution in [3.63, 3.8) is 0 Å². The molecule has 25 heavy (non-hydrogen) atoms. The number of aryl methyl sites for hydroxylation is 2. The van der Waals surface area contributed by atoms with Crippen molar-refractivity contribution in [3.05, 3.63) is 29.3 Å². The maximum Gasteiger partial charge on any atom is 0.328 e. The van der Waals surface area contributed by atoms with E-state index in [1.807, 2.05) is 32.0 Å². The van der Waals surface area contributed by atoms with Crippen LogP contribution in [0, 0.1) is 13.8 Å². The van der Waals surface area contributed by atoms with Gasteiger partial charge in [0.25, 0.3) is 5.91 Å². The fourth-order valence-corrected chi connectivity index (χ4v) is 2.46. The Morgan fingerprint density at radius 3 is 2.72 bits per heavy atom. The summed E-state index contributed by atoms with van der Waals surface area (Å²) in [4.78, 5) is 36.3. The smallest absolute Gasteiger partial charge is 0.328 e. The summed E-state index contributed by atoms with van der Waals surface area (Å²) < 4.78 is 4.87. The third-order valence-electron chi connectivity index (χ3n) is 3.88. The Balaban J connectivity index is 2.21. The van der Waals surface area contributed by atoms with Crippen LogP contribution in [0.5, 0.6) is 0 Å². The molecule has 0 spiro atoms. The van der Waals surface area contributed by atoms with Gasteiger partial charge in [0.1, 0.15) is 11.8 Å². The number of hydrogen-bond donors (Lipinski definition) is 1. The van der Waals surface area contributed by atoms with Gasteiger partial charge in [-0.05, 0) is 44.9 Å². The number of hydrazone groups is 1. The molecule has 1 atom stereocenters. The van der Waals surface area contributed by atoms with Crippen LogP contribution in [0.4, 0.5) is 5.69 Å². The quantitative estimate of drug-likeness (QED) is 0.825. The molecule has 1 aliphatic rings. The number of esters is 1. The summed E-state index contributed by atoms with van der Waals surface area (Å²) in [5, 5.41) is 8.07. The van der Waals surface area contributed by atoms with Crippen LogP contribution < -0.4 is 10.3 Å². The Bertz CT molecular complexity index is 727. The number of nitrogens with one attached hydrogen (secondary N) is 1. The van der Waals surface area contributed by atoms with E-state index in [1.54, 1.807) is 13.8 Å². The number of rotatable bonds is 5. The molecule has 0 aliphatic carbocycles. The molecule has 1 N–H and O–H groups in total. The lowest BCUT2D eigenvalue weighted by molar-refractivity contribution is -0.146. The van der Waals surface area contributed by atoms with Crippen LogP contribution in [-0.2, 0) is 19.1 Å². The fourth-order valence-electron chi connectivity index (χ4n) is 2.46. The lowest BCUT2D eigenvalue weighted by Crippen LogP contribution is -2.45. The minimum absolute atomic E-state index is 0.163. The monoisotopic (exact) mass is 345 g/mol. The van der Waals surface area contributed by atoms with Crippen LogP contribution in [0.1, 0.15) is 37.8 Å². The average Bonchev–Trinajstić information content (AvgIpc) is 2.57. The Kier molecular flexibility index (Phi) is 5.90. The number of carbonyl (C=O) groups excluding carboxylic acids is 3. The van der Waals surface area contributed by atoms with E-state index in [4.69, 9.17) is 4.74 Å². The Hall–Kier alpha value is -2.70. The van der Waals surface area contributed by atoms with Gasteiger partial charge in [0.2, 0.25) is 5.91 Å². The number of anilines is 1. The molecule has 0 aromatic heterocycles. The van der Waals surface area contributed by atoms with Crippen molar-refractivity contribution in [2.45, 2.75) is 46.6 Å². The van der Waals surface area contributed by atoms with Gasteiger partial charge in [0, 0.05) is 12.8 Å². The van der Waals surface area contributed by atoms with Crippen molar-refractivity contribution < 1.29 is 19.1 Å². The third-order valence-corrected chi connectivity index (χ3v) is 3.88. The number of nitrogens with zero attached hydrogens (tertiary/aromatic N) is 2. The maximum absolute atomic E-state index is 12.4. The predicted molar refractivity (Wildman–Crippen MR) is 94.3 cm³/mol. The fraction of sp³-hybridized carbons (Fsp3) is 0.444. The first-order valence-electron chi connectivity index (χ1n) is 8.28. The van der Waals surface area contributed by atoms with E-state index in [0.29, 0.717) is 5.69 Å². The van der Waals surface area contributed by atoms with Crippen LogP contribution in [-0.4, -0.2) is 36.1 Å². The van der Waals surface area contributed by atoms with Crippen LogP contribution in [0.2, 0.25) is 0 Å². The minimum atomic E-state index is -0.776. The van der Waals surface area contributed by atoms with Crippen molar-refractivity contribution in [3.8, 4) is 0 Å². The molecule has 2 amide bonds. The van der Waals surface area contributed by atoms with Gasteiger partial charge in [0.05, 0.1) is 12.3 Å². The molecule has 1 heterocycles. The summed E-state index contributed by atoms with van der Waals surface area (Å²) in [5.74, 6) is -1.14. The number of hydrogen-bond acceptors (Lipinski definition) is 5. The van der Waals surface area contributed by atoms with E-state index in [1.165, 1.54) is 5.01 Å². The van der Waals surface area contributed by atoms with E-state index in [-0.39, 0.29) is 31.1 Å². The molecule has 0 fully saturated rings. The third kappa shape index (κ3) is 4.43. The van der Waals surface area contributed by atoms with Crippen LogP contribution in [0.15, 0.2) is 23.3 Å². The zero-order valence-electron chi connectivity index (χ0n) is 15.0. The molecule has 1 aromatic carbocycles. The summed E-state index contributed by atoms with van der Waals surface area (Å²) >= 11 is 0. The molecule has 1 unspecified atom stereocenters. The minimum Gasteiger partial charge on any atom is -0.464 e. The first kappa shape index (κ1) is 18.6. The van der Waals surface area contributed by atoms with Gasteiger partial charge in [-0.15, -0.1) is 0 Å². The number of ether oxygens (including phenoxy) is 1. The van der Waals surface area contributed by atoms with E-state index < -0.39 is 17.9 Å². The van der Waals surface area contributed by atoms with Crippen molar-refractivity contribution in [1.82, 2.24) is 5.32 Å². The summed E-state index contributed by atoms with van der Waals surface area (Å²) in [6.07, 6.45) is 0.426. The van der Waals surface area contributed by atoms with Crippen LogP contribution >= 0.6 is 0 Å². The van der Waals surface area contributed by atoms with E-state index in [9.17, 15) is 14.4 Å². The molecule has 134 valence electrons. The van der Waals surface area contributed by atoms with Gasteiger partial charge >= 0.3 is 5.97 Å². The second kappa shape index (κ2) is 7.92. The summed E-state index contributed by atoms with van der Waals surface area (Å²) in [6, 6.07) is 4.94. The zero-order chi connectivity index (χ0) is 18.6. The number of amides is 2. The molecular weight excluding hydrogens is 322 g/mol. The van der Waals surface area contributed by atoms with Crippen molar-refractivity contribution in [2.75, 3.05) is 11.6 Å².